The number of anilines is 2. The molecule has 0 unspecified atom stereocenters. The normalized spacial score (nSPS) is 21.5. The summed E-state index contributed by atoms with van der Waals surface area (Å²) in [7, 11) is 0. The van der Waals surface area contributed by atoms with Crippen LogP contribution in [0.15, 0.2) is 6.07 Å². The van der Waals surface area contributed by atoms with E-state index in [0.29, 0.717) is 25.6 Å². The second-order valence-corrected chi connectivity index (χ2v) is 6.76. The first kappa shape index (κ1) is 17.7. The molecule has 2 saturated heterocycles. The first-order valence-corrected chi connectivity index (χ1v) is 8.99. The Kier molecular flexibility index (Phi) is 5.57. The van der Waals surface area contributed by atoms with Crippen LogP contribution < -0.4 is 15.4 Å². The van der Waals surface area contributed by atoms with Gasteiger partial charge in [-0.3, -0.25) is 4.79 Å². The Morgan fingerprint density at radius 2 is 2.12 bits per heavy atom. The van der Waals surface area contributed by atoms with Gasteiger partial charge in [0.2, 0.25) is 11.8 Å². The average molecular weight is 349 g/mol. The van der Waals surface area contributed by atoms with Crippen molar-refractivity contribution in [2.45, 2.75) is 45.3 Å². The van der Waals surface area contributed by atoms with Gasteiger partial charge in [0.25, 0.3) is 5.91 Å². The van der Waals surface area contributed by atoms with Gasteiger partial charge in [0, 0.05) is 38.9 Å². The Bertz CT molecular complexity index is 604. The molecule has 0 aliphatic carbocycles. The number of carbonyl (C=O) groups excluding carboxylic acids is 1. The lowest BCUT2D eigenvalue weighted by atomic mass is 10.2. The zero-order chi connectivity index (χ0) is 17.8. The van der Waals surface area contributed by atoms with E-state index in [4.69, 9.17) is 15.2 Å². The summed E-state index contributed by atoms with van der Waals surface area (Å²) in [5, 5.41) is 0. The monoisotopic (exact) mass is 349 g/mol. The van der Waals surface area contributed by atoms with Crippen LogP contribution >= 0.6 is 0 Å². The molecule has 0 aromatic carbocycles. The standard InChI is InChI=1S/C17H27N5O3/c1-12(2)25-15-11-14(19-17(18)20-15)21-6-4-7-22(9-8-21)16(23)13-5-3-10-24-13/h11-13H,3-10H2,1-2H3,(H2,18,19,20)/t13-/m1/s1. The quantitative estimate of drug-likeness (QED) is 0.869. The van der Waals surface area contributed by atoms with Crippen LogP contribution in [0.1, 0.15) is 33.1 Å². The molecule has 3 heterocycles. The third-order valence-corrected chi connectivity index (χ3v) is 4.40. The van der Waals surface area contributed by atoms with Crippen molar-refractivity contribution in [3.63, 3.8) is 0 Å². The highest BCUT2D eigenvalue weighted by Gasteiger charge is 2.29. The van der Waals surface area contributed by atoms with Crippen molar-refractivity contribution in [3.8, 4) is 5.88 Å². The van der Waals surface area contributed by atoms with E-state index < -0.39 is 0 Å². The van der Waals surface area contributed by atoms with Crippen molar-refractivity contribution in [1.29, 1.82) is 0 Å². The molecule has 0 bridgehead atoms. The number of aromatic nitrogens is 2. The van der Waals surface area contributed by atoms with Crippen LogP contribution in [0.5, 0.6) is 5.88 Å². The topological polar surface area (TPSA) is 93.8 Å². The molecule has 1 atom stereocenters. The number of amides is 1. The molecule has 3 rings (SSSR count). The van der Waals surface area contributed by atoms with Gasteiger partial charge in [-0.1, -0.05) is 0 Å². The molecule has 1 aromatic rings. The summed E-state index contributed by atoms with van der Waals surface area (Å²) in [6.45, 7) is 7.49. The summed E-state index contributed by atoms with van der Waals surface area (Å²) in [6.07, 6.45) is 2.44. The van der Waals surface area contributed by atoms with E-state index in [9.17, 15) is 4.79 Å². The van der Waals surface area contributed by atoms with Crippen LogP contribution in [0.2, 0.25) is 0 Å². The lowest BCUT2D eigenvalue weighted by Gasteiger charge is -2.25. The smallest absolute Gasteiger partial charge is 0.251 e. The van der Waals surface area contributed by atoms with E-state index in [1.54, 1.807) is 0 Å². The Labute approximate surface area is 148 Å². The predicted molar refractivity (Wildman–Crippen MR) is 94.6 cm³/mol. The molecule has 25 heavy (non-hydrogen) atoms. The number of ether oxygens (including phenoxy) is 2. The summed E-state index contributed by atoms with van der Waals surface area (Å²) >= 11 is 0. The number of nitrogens with zero attached hydrogens (tertiary/aromatic N) is 4. The zero-order valence-electron chi connectivity index (χ0n) is 15.0. The second kappa shape index (κ2) is 7.86. The minimum Gasteiger partial charge on any atom is -0.475 e. The van der Waals surface area contributed by atoms with Gasteiger partial charge < -0.3 is 25.0 Å². The average Bonchev–Trinajstić information content (AvgIpc) is 2.97. The summed E-state index contributed by atoms with van der Waals surface area (Å²) in [5.74, 6) is 1.54. The van der Waals surface area contributed by atoms with Gasteiger partial charge in [-0.25, -0.2) is 0 Å². The molecule has 2 aliphatic heterocycles. The third kappa shape index (κ3) is 4.50. The maximum atomic E-state index is 12.5. The van der Waals surface area contributed by atoms with Gasteiger partial charge in [0.1, 0.15) is 11.9 Å². The molecule has 2 N–H and O–H groups in total. The van der Waals surface area contributed by atoms with Crippen LogP contribution in [-0.2, 0) is 9.53 Å². The number of nitrogens with two attached hydrogens (primary N) is 1. The molecular weight excluding hydrogens is 322 g/mol. The number of nitrogen functional groups attached to an aromatic ring is 1. The zero-order valence-corrected chi connectivity index (χ0v) is 15.0. The molecule has 8 heteroatoms. The molecular formula is C17H27N5O3. The van der Waals surface area contributed by atoms with E-state index in [0.717, 1.165) is 38.2 Å². The summed E-state index contributed by atoms with van der Waals surface area (Å²) in [6, 6.07) is 1.81. The van der Waals surface area contributed by atoms with E-state index in [1.165, 1.54) is 0 Å². The third-order valence-electron chi connectivity index (χ3n) is 4.40. The maximum absolute atomic E-state index is 12.5. The molecule has 1 aromatic heterocycles. The Morgan fingerprint density at radius 1 is 1.28 bits per heavy atom. The second-order valence-electron chi connectivity index (χ2n) is 6.76. The fraction of sp³-hybridized carbons (Fsp3) is 0.706. The van der Waals surface area contributed by atoms with Gasteiger partial charge >= 0.3 is 0 Å². The molecule has 8 nitrogen and oxygen atoms in total. The number of rotatable bonds is 4. The summed E-state index contributed by atoms with van der Waals surface area (Å²) in [4.78, 5) is 25.0. The molecule has 0 radical (unpaired) electrons. The van der Waals surface area contributed by atoms with E-state index >= 15 is 0 Å². The molecule has 0 spiro atoms. The Hall–Kier alpha value is -2.09. The van der Waals surface area contributed by atoms with Crippen molar-refractivity contribution < 1.29 is 14.3 Å². The fourth-order valence-electron chi connectivity index (χ4n) is 3.24. The van der Waals surface area contributed by atoms with Crippen molar-refractivity contribution in [2.75, 3.05) is 43.4 Å². The lowest BCUT2D eigenvalue weighted by Crippen LogP contribution is -2.41. The first-order valence-electron chi connectivity index (χ1n) is 8.99. The lowest BCUT2D eigenvalue weighted by molar-refractivity contribution is -0.140. The Balaban J connectivity index is 1.66. The van der Waals surface area contributed by atoms with Crippen LogP contribution in [0.25, 0.3) is 0 Å². The van der Waals surface area contributed by atoms with E-state index in [-0.39, 0.29) is 24.1 Å². The fourth-order valence-corrected chi connectivity index (χ4v) is 3.24. The predicted octanol–water partition coefficient (Wildman–Crippen LogP) is 1.06. The number of carbonyl (C=O) groups is 1. The van der Waals surface area contributed by atoms with Crippen LogP contribution in [0.3, 0.4) is 0 Å². The molecule has 2 aliphatic rings. The van der Waals surface area contributed by atoms with Crippen molar-refractivity contribution in [1.82, 2.24) is 14.9 Å². The van der Waals surface area contributed by atoms with Crippen LogP contribution in [0, 0.1) is 0 Å². The summed E-state index contributed by atoms with van der Waals surface area (Å²) < 4.78 is 11.2. The SMILES string of the molecule is CC(C)Oc1cc(N2CCCN(C(=O)[C@H]3CCCO3)CC2)nc(N)n1. The van der Waals surface area contributed by atoms with Gasteiger partial charge in [0.05, 0.1) is 6.10 Å². The maximum Gasteiger partial charge on any atom is 0.251 e. The van der Waals surface area contributed by atoms with Crippen LogP contribution in [-0.4, -0.2) is 65.8 Å². The minimum absolute atomic E-state index is 0.0193. The van der Waals surface area contributed by atoms with Gasteiger partial charge in [-0.2, -0.15) is 9.97 Å². The number of hydrogen-bond donors (Lipinski definition) is 1. The highest BCUT2D eigenvalue weighted by Crippen LogP contribution is 2.22. The van der Waals surface area contributed by atoms with E-state index in [1.807, 2.05) is 24.8 Å². The Morgan fingerprint density at radius 3 is 2.84 bits per heavy atom. The molecule has 138 valence electrons. The molecule has 0 saturated carbocycles. The first-order chi connectivity index (χ1) is 12.0. The summed E-state index contributed by atoms with van der Waals surface area (Å²) in [5.41, 5.74) is 5.83. The minimum atomic E-state index is -0.257. The highest BCUT2D eigenvalue weighted by atomic mass is 16.5. The van der Waals surface area contributed by atoms with Gasteiger partial charge in [-0.05, 0) is 33.1 Å². The van der Waals surface area contributed by atoms with E-state index in [2.05, 4.69) is 14.9 Å². The molecule has 1 amide bonds. The van der Waals surface area contributed by atoms with Gasteiger partial charge in [-0.15, -0.1) is 0 Å². The highest BCUT2D eigenvalue weighted by molar-refractivity contribution is 5.81. The van der Waals surface area contributed by atoms with Crippen molar-refractivity contribution in [3.05, 3.63) is 6.07 Å². The van der Waals surface area contributed by atoms with Crippen molar-refractivity contribution in [2.24, 2.45) is 0 Å². The number of hydrogen-bond acceptors (Lipinski definition) is 7. The largest absolute Gasteiger partial charge is 0.475 e. The van der Waals surface area contributed by atoms with Crippen LogP contribution in [0.4, 0.5) is 11.8 Å². The van der Waals surface area contributed by atoms with Crippen molar-refractivity contribution >= 4 is 17.7 Å². The van der Waals surface area contributed by atoms with Gasteiger partial charge in [0.15, 0.2) is 0 Å². The molecule has 2 fully saturated rings.